The van der Waals surface area contributed by atoms with Crippen LogP contribution in [0.1, 0.15) is 5.56 Å². The first kappa shape index (κ1) is 10.8. The van der Waals surface area contributed by atoms with Crippen molar-refractivity contribution in [3.63, 3.8) is 0 Å². The highest BCUT2D eigenvalue weighted by molar-refractivity contribution is 5.74. The summed E-state index contributed by atoms with van der Waals surface area (Å²) in [5, 5.41) is 37.2. The van der Waals surface area contributed by atoms with Crippen molar-refractivity contribution in [3.8, 4) is 11.5 Å². The van der Waals surface area contributed by atoms with Crippen molar-refractivity contribution in [1.82, 2.24) is 0 Å². The van der Waals surface area contributed by atoms with Gasteiger partial charge in [-0.05, 0) is 12.1 Å². The maximum absolute atomic E-state index is 10.5. The number of nitro groups is 1. The Morgan fingerprint density at radius 2 is 2.00 bits per heavy atom. The number of phenols is 2. The number of aromatic hydroxyl groups is 2. The van der Waals surface area contributed by atoms with Crippen LogP contribution in [-0.4, -0.2) is 26.2 Å². The number of phenolic OH excluding ortho intramolecular Hbond substituents is 2. The third kappa shape index (κ3) is 2.13. The van der Waals surface area contributed by atoms with E-state index in [-0.39, 0.29) is 5.56 Å². The van der Waals surface area contributed by atoms with Crippen LogP contribution in [0.25, 0.3) is 0 Å². The molecule has 0 bridgehead atoms. The van der Waals surface area contributed by atoms with Gasteiger partial charge in [-0.25, -0.2) is 0 Å². The molecule has 80 valence electrons. The highest BCUT2D eigenvalue weighted by Crippen LogP contribution is 2.37. The summed E-state index contributed by atoms with van der Waals surface area (Å²) in [6.07, 6.45) is -0.593. The summed E-state index contributed by atoms with van der Waals surface area (Å²) in [6, 6.07) is 2.09. The SMILES string of the molecule is O=C(O)Cc1ccc(O)c(O)c1[N+](=O)[O-]. The Kier molecular flexibility index (Phi) is 2.75. The molecule has 0 aromatic heterocycles. The molecule has 7 heteroatoms. The maximum Gasteiger partial charge on any atom is 0.318 e. The Labute approximate surface area is 83.4 Å². The third-order valence-corrected chi connectivity index (χ3v) is 1.74. The van der Waals surface area contributed by atoms with Gasteiger partial charge in [-0.3, -0.25) is 14.9 Å². The predicted molar refractivity (Wildman–Crippen MR) is 47.8 cm³/mol. The third-order valence-electron chi connectivity index (χ3n) is 1.74. The first-order valence-electron chi connectivity index (χ1n) is 3.83. The zero-order valence-electron chi connectivity index (χ0n) is 7.38. The highest BCUT2D eigenvalue weighted by atomic mass is 16.6. The number of nitrogens with zero attached hydrogens (tertiary/aromatic N) is 1. The second-order valence-corrected chi connectivity index (χ2v) is 2.77. The number of carboxylic acids is 1. The van der Waals surface area contributed by atoms with Gasteiger partial charge in [0.15, 0.2) is 5.75 Å². The molecule has 0 spiro atoms. The summed E-state index contributed by atoms with van der Waals surface area (Å²) in [6.45, 7) is 0. The van der Waals surface area contributed by atoms with Gasteiger partial charge in [0.1, 0.15) is 0 Å². The van der Waals surface area contributed by atoms with E-state index in [0.29, 0.717) is 0 Å². The van der Waals surface area contributed by atoms with Crippen molar-refractivity contribution in [2.24, 2.45) is 0 Å². The van der Waals surface area contributed by atoms with Gasteiger partial charge in [-0.15, -0.1) is 0 Å². The quantitative estimate of drug-likeness (QED) is 0.384. The van der Waals surface area contributed by atoms with Crippen LogP contribution in [0.4, 0.5) is 5.69 Å². The van der Waals surface area contributed by atoms with Gasteiger partial charge in [0, 0.05) is 5.56 Å². The lowest BCUT2D eigenvalue weighted by Gasteiger charge is -2.03. The van der Waals surface area contributed by atoms with E-state index in [4.69, 9.17) is 10.2 Å². The van der Waals surface area contributed by atoms with Gasteiger partial charge in [0.05, 0.1) is 11.3 Å². The fourth-order valence-electron chi connectivity index (χ4n) is 1.12. The predicted octanol–water partition coefficient (Wildman–Crippen LogP) is 0.633. The molecule has 1 aromatic rings. The largest absolute Gasteiger partial charge is 0.504 e. The molecule has 0 aliphatic heterocycles. The van der Waals surface area contributed by atoms with Crippen molar-refractivity contribution >= 4 is 11.7 Å². The van der Waals surface area contributed by atoms with Crippen molar-refractivity contribution < 1.29 is 25.0 Å². The average molecular weight is 213 g/mol. The Morgan fingerprint density at radius 3 is 2.47 bits per heavy atom. The molecule has 0 radical (unpaired) electrons. The van der Waals surface area contributed by atoms with E-state index in [0.717, 1.165) is 12.1 Å². The number of hydrogen-bond acceptors (Lipinski definition) is 5. The minimum absolute atomic E-state index is 0.164. The summed E-state index contributed by atoms with van der Waals surface area (Å²) < 4.78 is 0. The summed E-state index contributed by atoms with van der Waals surface area (Å²) in [5.74, 6) is -2.84. The number of benzene rings is 1. The normalized spacial score (nSPS) is 9.87. The first-order valence-corrected chi connectivity index (χ1v) is 3.83. The van der Waals surface area contributed by atoms with Gasteiger partial charge in [0.25, 0.3) is 0 Å². The van der Waals surface area contributed by atoms with Crippen molar-refractivity contribution in [1.29, 1.82) is 0 Å². The van der Waals surface area contributed by atoms with Gasteiger partial charge in [-0.2, -0.15) is 0 Å². The van der Waals surface area contributed by atoms with Gasteiger partial charge < -0.3 is 15.3 Å². The smallest absolute Gasteiger partial charge is 0.318 e. The molecule has 0 heterocycles. The average Bonchev–Trinajstić information content (AvgIpc) is 2.10. The van der Waals surface area contributed by atoms with Gasteiger partial charge >= 0.3 is 11.7 Å². The molecule has 0 saturated heterocycles. The fourth-order valence-corrected chi connectivity index (χ4v) is 1.12. The molecule has 7 nitrogen and oxygen atoms in total. The van der Waals surface area contributed by atoms with Crippen molar-refractivity contribution in [2.75, 3.05) is 0 Å². The topological polar surface area (TPSA) is 121 Å². The lowest BCUT2D eigenvalue weighted by atomic mass is 10.1. The van der Waals surface area contributed by atoms with Crippen LogP contribution < -0.4 is 0 Å². The summed E-state index contributed by atoms with van der Waals surface area (Å²) >= 11 is 0. The van der Waals surface area contributed by atoms with Crippen LogP contribution in [0.2, 0.25) is 0 Å². The van der Waals surface area contributed by atoms with Crippen molar-refractivity contribution in [2.45, 2.75) is 6.42 Å². The minimum Gasteiger partial charge on any atom is -0.504 e. The summed E-state index contributed by atoms with van der Waals surface area (Å²) in [4.78, 5) is 20.0. The Morgan fingerprint density at radius 1 is 1.40 bits per heavy atom. The Bertz CT molecular complexity index is 427. The Balaban J connectivity index is 3.33. The van der Waals surface area contributed by atoms with E-state index in [1.807, 2.05) is 0 Å². The number of rotatable bonds is 3. The molecule has 0 amide bonds. The van der Waals surface area contributed by atoms with E-state index < -0.39 is 34.5 Å². The zero-order chi connectivity index (χ0) is 11.6. The molecule has 0 aliphatic carbocycles. The lowest BCUT2D eigenvalue weighted by Crippen LogP contribution is -2.03. The number of nitro benzene ring substituents is 1. The highest BCUT2D eigenvalue weighted by Gasteiger charge is 2.23. The van der Waals surface area contributed by atoms with Gasteiger partial charge in [0.2, 0.25) is 5.75 Å². The Hall–Kier alpha value is -2.31. The molecule has 0 saturated carbocycles. The van der Waals surface area contributed by atoms with Crippen LogP contribution in [-0.2, 0) is 11.2 Å². The van der Waals surface area contributed by atoms with E-state index >= 15 is 0 Å². The second kappa shape index (κ2) is 3.82. The van der Waals surface area contributed by atoms with E-state index in [1.165, 1.54) is 0 Å². The molecule has 1 aromatic carbocycles. The number of carboxylic acid groups (broad SMARTS) is 1. The molecule has 0 atom stereocenters. The molecule has 0 fully saturated rings. The van der Waals surface area contributed by atoms with E-state index in [2.05, 4.69) is 0 Å². The molecular weight excluding hydrogens is 206 g/mol. The zero-order valence-corrected chi connectivity index (χ0v) is 7.38. The van der Waals surface area contributed by atoms with Crippen LogP contribution >= 0.6 is 0 Å². The van der Waals surface area contributed by atoms with Crippen LogP contribution in [0, 0.1) is 10.1 Å². The van der Waals surface area contributed by atoms with Gasteiger partial charge in [-0.1, -0.05) is 0 Å². The molecular formula is C8H7NO6. The molecule has 15 heavy (non-hydrogen) atoms. The van der Waals surface area contributed by atoms with E-state index in [9.17, 15) is 20.0 Å². The minimum atomic E-state index is -1.26. The summed E-state index contributed by atoms with van der Waals surface area (Å²) in [7, 11) is 0. The maximum atomic E-state index is 10.5. The van der Waals surface area contributed by atoms with E-state index in [1.54, 1.807) is 0 Å². The molecule has 1 rings (SSSR count). The molecule has 0 unspecified atom stereocenters. The standard InChI is InChI=1S/C8H7NO6/c10-5-2-1-4(3-6(11)12)7(8(5)13)9(14)15/h1-2,10,13H,3H2,(H,11,12). The van der Waals surface area contributed by atoms with Crippen LogP contribution in [0.3, 0.4) is 0 Å². The number of aliphatic carboxylic acids is 1. The lowest BCUT2D eigenvalue weighted by molar-refractivity contribution is -0.386. The number of hydrogen-bond donors (Lipinski definition) is 3. The summed E-state index contributed by atoms with van der Waals surface area (Å²) in [5.41, 5.74) is -0.944. The fraction of sp³-hybridized carbons (Fsp3) is 0.125. The number of carbonyl (C=O) groups is 1. The van der Waals surface area contributed by atoms with Crippen molar-refractivity contribution in [3.05, 3.63) is 27.8 Å². The van der Waals surface area contributed by atoms with Crippen LogP contribution in [0.15, 0.2) is 12.1 Å². The monoisotopic (exact) mass is 213 g/mol. The molecule has 0 aliphatic rings. The molecule has 3 N–H and O–H groups in total. The van der Waals surface area contributed by atoms with Crippen LogP contribution in [0.5, 0.6) is 11.5 Å². The second-order valence-electron chi connectivity index (χ2n) is 2.77. The first-order chi connectivity index (χ1) is 6.93.